The first-order chi connectivity index (χ1) is 11.1. The Morgan fingerprint density at radius 2 is 2.22 bits per heavy atom. The quantitative estimate of drug-likeness (QED) is 0.746. The number of methoxy groups -OCH3 is 1. The van der Waals surface area contributed by atoms with Crippen LogP contribution in [0.4, 0.5) is 0 Å². The highest BCUT2D eigenvalue weighted by atomic mass is 16.9. The van der Waals surface area contributed by atoms with Crippen LogP contribution in [0.5, 0.6) is 0 Å². The van der Waals surface area contributed by atoms with Crippen LogP contribution in [0.15, 0.2) is 17.4 Å². The summed E-state index contributed by atoms with van der Waals surface area (Å²) in [5.41, 5.74) is 0.228. The molecule has 10 nitrogen and oxygen atoms in total. The minimum Gasteiger partial charge on any atom is -0.394 e. The number of rotatable bonds is 3. The van der Waals surface area contributed by atoms with Gasteiger partial charge in [-0.05, 0) is 0 Å². The van der Waals surface area contributed by atoms with Gasteiger partial charge in [0.2, 0.25) is 0 Å². The summed E-state index contributed by atoms with van der Waals surface area (Å²) in [6.45, 7) is 1.41. The number of H-pyrrole nitrogens is 1. The molecule has 10 heteroatoms. The van der Waals surface area contributed by atoms with Gasteiger partial charge in [-0.3, -0.25) is 9.36 Å². The lowest BCUT2D eigenvalue weighted by molar-refractivity contribution is -0.336. The SMILES string of the molecule is CO[C@@]1(C)O[C@@H]2[C@H](O1)[C@@H](CO)O[C@H]2n1cnc2c(=O)[nH]cnc21. The maximum atomic E-state index is 11.8. The zero-order valence-corrected chi connectivity index (χ0v) is 12.5. The largest absolute Gasteiger partial charge is 0.394 e. The summed E-state index contributed by atoms with van der Waals surface area (Å²) in [7, 11) is 1.47. The van der Waals surface area contributed by atoms with Crippen molar-refractivity contribution in [3.63, 3.8) is 0 Å². The second-order valence-corrected chi connectivity index (χ2v) is 5.53. The third-order valence-corrected chi connectivity index (χ3v) is 4.18. The van der Waals surface area contributed by atoms with Gasteiger partial charge in [0.15, 0.2) is 17.4 Å². The minimum atomic E-state index is -1.22. The lowest BCUT2D eigenvalue weighted by Gasteiger charge is -2.25. The average molecular weight is 324 g/mol. The molecule has 0 unspecified atom stereocenters. The molecule has 0 aliphatic carbocycles. The number of ether oxygens (including phenoxy) is 4. The first-order valence-electron chi connectivity index (χ1n) is 7.13. The van der Waals surface area contributed by atoms with E-state index in [1.54, 1.807) is 11.5 Å². The number of nitrogens with one attached hydrogen (secondary N) is 1. The van der Waals surface area contributed by atoms with Crippen molar-refractivity contribution in [1.29, 1.82) is 0 Å². The Labute approximate surface area is 130 Å². The van der Waals surface area contributed by atoms with Gasteiger partial charge in [-0.15, -0.1) is 0 Å². The van der Waals surface area contributed by atoms with Gasteiger partial charge < -0.3 is 29.0 Å². The van der Waals surface area contributed by atoms with Crippen LogP contribution in [0.3, 0.4) is 0 Å². The molecule has 0 aromatic carbocycles. The fraction of sp³-hybridized carbons (Fsp3) is 0.615. The second-order valence-electron chi connectivity index (χ2n) is 5.53. The van der Waals surface area contributed by atoms with Gasteiger partial charge in [0, 0.05) is 14.0 Å². The van der Waals surface area contributed by atoms with Crippen molar-refractivity contribution in [3.8, 4) is 0 Å². The second kappa shape index (κ2) is 5.08. The van der Waals surface area contributed by atoms with Gasteiger partial charge in [-0.1, -0.05) is 0 Å². The minimum absolute atomic E-state index is 0.202. The fourth-order valence-electron chi connectivity index (χ4n) is 3.01. The summed E-state index contributed by atoms with van der Waals surface area (Å²) in [5.74, 6) is -1.22. The summed E-state index contributed by atoms with van der Waals surface area (Å²) < 4.78 is 24.2. The van der Waals surface area contributed by atoms with Crippen molar-refractivity contribution >= 4 is 11.2 Å². The third-order valence-electron chi connectivity index (χ3n) is 4.18. The Morgan fingerprint density at radius 1 is 1.43 bits per heavy atom. The van der Waals surface area contributed by atoms with Gasteiger partial charge in [0.05, 0.1) is 19.3 Å². The van der Waals surface area contributed by atoms with E-state index in [1.807, 2.05) is 0 Å². The Bertz CT molecular complexity index is 790. The summed E-state index contributed by atoms with van der Waals surface area (Å²) in [5, 5.41) is 9.53. The van der Waals surface area contributed by atoms with E-state index in [2.05, 4.69) is 15.0 Å². The summed E-state index contributed by atoms with van der Waals surface area (Å²) >= 11 is 0. The van der Waals surface area contributed by atoms with Crippen LogP contribution in [0.1, 0.15) is 13.2 Å². The van der Waals surface area contributed by atoms with Crippen molar-refractivity contribution in [3.05, 3.63) is 23.0 Å². The first-order valence-corrected chi connectivity index (χ1v) is 7.13. The Hall–Kier alpha value is -1.85. The Kier molecular flexibility index (Phi) is 3.25. The first kappa shape index (κ1) is 14.7. The van der Waals surface area contributed by atoms with Crippen molar-refractivity contribution < 1.29 is 24.1 Å². The predicted octanol–water partition coefficient (Wildman–Crippen LogP) is -0.887. The van der Waals surface area contributed by atoms with Gasteiger partial charge >= 0.3 is 0 Å². The number of hydrogen-bond donors (Lipinski definition) is 2. The summed E-state index contributed by atoms with van der Waals surface area (Å²) in [4.78, 5) is 22.5. The van der Waals surface area contributed by atoms with Crippen LogP contribution in [-0.4, -0.2) is 62.6 Å². The molecule has 2 aliphatic heterocycles. The molecule has 2 fully saturated rings. The lowest BCUT2D eigenvalue weighted by atomic mass is 10.1. The van der Waals surface area contributed by atoms with Crippen molar-refractivity contribution in [2.75, 3.05) is 13.7 Å². The van der Waals surface area contributed by atoms with Crippen LogP contribution in [0.2, 0.25) is 0 Å². The van der Waals surface area contributed by atoms with Crippen molar-refractivity contribution in [1.82, 2.24) is 19.5 Å². The number of hydrogen-bond acceptors (Lipinski definition) is 8. The summed E-state index contributed by atoms with van der Waals surface area (Å²) in [6.07, 6.45) is 0.490. The molecular weight excluding hydrogens is 308 g/mol. The highest BCUT2D eigenvalue weighted by Gasteiger charge is 2.57. The van der Waals surface area contributed by atoms with Crippen LogP contribution >= 0.6 is 0 Å². The molecule has 0 bridgehead atoms. The highest BCUT2D eigenvalue weighted by Crippen LogP contribution is 2.43. The number of nitrogens with zero attached hydrogens (tertiary/aromatic N) is 3. The molecule has 0 saturated carbocycles. The van der Waals surface area contributed by atoms with E-state index < -0.39 is 30.5 Å². The maximum Gasteiger partial charge on any atom is 0.280 e. The Balaban J connectivity index is 1.76. The molecule has 4 heterocycles. The molecular formula is C13H16N4O6. The number of aromatic nitrogens is 4. The monoisotopic (exact) mass is 324 g/mol. The van der Waals surface area contributed by atoms with E-state index in [9.17, 15) is 9.90 Å². The van der Waals surface area contributed by atoms with E-state index in [4.69, 9.17) is 18.9 Å². The molecule has 0 spiro atoms. The van der Waals surface area contributed by atoms with E-state index >= 15 is 0 Å². The molecule has 0 radical (unpaired) electrons. The van der Waals surface area contributed by atoms with Crippen LogP contribution < -0.4 is 5.56 Å². The van der Waals surface area contributed by atoms with Gasteiger partial charge in [0.1, 0.15) is 18.3 Å². The van der Waals surface area contributed by atoms with E-state index in [0.717, 1.165) is 0 Å². The molecule has 2 aromatic heterocycles. The topological polar surface area (TPSA) is 121 Å². The normalized spacial score (nSPS) is 36.7. The molecule has 2 N–H and O–H groups in total. The molecule has 4 rings (SSSR count). The van der Waals surface area contributed by atoms with Crippen LogP contribution in [-0.2, 0) is 18.9 Å². The third kappa shape index (κ3) is 2.11. The highest BCUT2D eigenvalue weighted by molar-refractivity contribution is 5.68. The number of aromatic amines is 1. The van der Waals surface area contributed by atoms with Crippen molar-refractivity contribution in [2.24, 2.45) is 0 Å². The van der Waals surface area contributed by atoms with E-state index in [0.29, 0.717) is 5.65 Å². The molecule has 124 valence electrons. The van der Waals surface area contributed by atoms with Gasteiger partial charge in [-0.25, -0.2) is 9.97 Å². The smallest absolute Gasteiger partial charge is 0.280 e. The molecule has 23 heavy (non-hydrogen) atoms. The fourth-order valence-corrected chi connectivity index (χ4v) is 3.01. The zero-order valence-electron chi connectivity index (χ0n) is 12.5. The van der Waals surface area contributed by atoms with Gasteiger partial charge in [0.25, 0.3) is 11.5 Å². The van der Waals surface area contributed by atoms with Crippen molar-refractivity contribution in [2.45, 2.75) is 37.4 Å². The number of aliphatic hydroxyl groups is 1. The predicted molar refractivity (Wildman–Crippen MR) is 74.3 cm³/mol. The van der Waals surface area contributed by atoms with E-state index in [-0.39, 0.29) is 17.7 Å². The van der Waals surface area contributed by atoms with Crippen LogP contribution in [0, 0.1) is 0 Å². The van der Waals surface area contributed by atoms with Gasteiger partial charge in [-0.2, -0.15) is 0 Å². The molecule has 0 amide bonds. The molecule has 2 aromatic rings. The zero-order chi connectivity index (χ0) is 16.2. The summed E-state index contributed by atoms with van der Waals surface area (Å²) in [6, 6.07) is 0. The molecule has 2 saturated heterocycles. The average Bonchev–Trinajstić information content (AvgIpc) is 3.19. The molecule has 5 atom stereocenters. The lowest BCUT2D eigenvalue weighted by Crippen LogP contribution is -2.34. The number of imidazole rings is 1. The number of aliphatic hydroxyl groups excluding tert-OH is 1. The number of fused-ring (bicyclic) bond motifs is 2. The Morgan fingerprint density at radius 3 is 2.96 bits per heavy atom. The maximum absolute atomic E-state index is 11.8. The standard InChI is InChI=1S/C13H16N4O6/c1-13(20-2)22-8-6(3-18)21-12(9(8)23-13)17-5-16-7-10(17)14-4-15-11(7)19/h4-6,8-9,12,18H,3H2,1-2H3,(H,14,15,19)/t6-,8-,9-,12-,13-/m1/s1. The molecule has 2 aliphatic rings. The van der Waals surface area contributed by atoms with Crippen LogP contribution in [0.25, 0.3) is 11.2 Å². The van der Waals surface area contributed by atoms with E-state index in [1.165, 1.54) is 19.8 Å².